The highest BCUT2D eigenvalue weighted by Crippen LogP contribution is 2.30. The average molecular weight is 467 g/mol. The molecule has 0 saturated heterocycles. The Morgan fingerprint density at radius 2 is 1.82 bits per heavy atom. The van der Waals surface area contributed by atoms with Crippen molar-refractivity contribution in [3.8, 4) is 17.0 Å². The monoisotopic (exact) mass is 467 g/mol. The fourth-order valence-corrected chi connectivity index (χ4v) is 3.55. The molecular formula is C24H20F3N5O2. The van der Waals surface area contributed by atoms with Crippen LogP contribution in [0, 0.1) is 5.92 Å². The van der Waals surface area contributed by atoms with E-state index in [1.165, 1.54) is 18.2 Å². The highest BCUT2D eigenvalue weighted by atomic mass is 19.4. The summed E-state index contributed by atoms with van der Waals surface area (Å²) >= 11 is 0. The summed E-state index contributed by atoms with van der Waals surface area (Å²) in [6.45, 7) is 0.330. The van der Waals surface area contributed by atoms with Crippen molar-refractivity contribution in [2.45, 2.75) is 25.7 Å². The topological polar surface area (TPSA) is 80.5 Å². The van der Waals surface area contributed by atoms with Crippen LogP contribution in [0.15, 0.2) is 66.7 Å². The SMILES string of the molecule is O=C(Nc1nc2cccc(-c3ccc(NCc4cccc(OC(F)(F)F)c4)cc3)n2n1)C1CC1. The molecule has 1 amide bonds. The zero-order chi connectivity index (χ0) is 23.7. The first-order valence-corrected chi connectivity index (χ1v) is 10.7. The lowest BCUT2D eigenvalue weighted by Crippen LogP contribution is -2.17. The van der Waals surface area contributed by atoms with Gasteiger partial charge in [-0.25, -0.2) is 4.52 Å². The fraction of sp³-hybridized carbons (Fsp3) is 0.208. The van der Waals surface area contributed by atoms with E-state index in [2.05, 4.69) is 25.5 Å². The minimum atomic E-state index is -4.72. The number of nitrogens with one attached hydrogen (secondary N) is 2. The number of halogens is 3. The van der Waals surface area contributed by atoms with Crippen LogP contribution in [0.25, 0.3) is 16.9 Å². The van der Waals surface area contributed by atoms with E-state index >= 15 is 0 Å². The molecular weight excluding hydrogens is 447 g/mol. The summed E-state index contributed by atoms with van der Waals surface area (Å²) in [4.78, 5) is 16.4. The standard InChI is InChI=1S/C24H20F3N5O2/c25-24(26,27)34-19-4-1-3-15(13-19)14-28-18-11-9-16(10-12-18)20-5-2-6-21-29-23(31-32(20)21)30-22(33)17-7-8-17/h1-6,9-13,17,28H,7-8,14H2,(H,30,31,33). The van der Waals surface area contributed by atoms with Gasteiger partial charge in [0.15, 0.2) is 5.65 Å². The number of aromatic nitrogens is 3. The molecule has 0 aliphatic heterocycles. The van der Waals surface area contributed by atoms with Gasteiger partial charge < -0.3 is 10.1 Å². The van der Waals surface area contributed by atoms with Crippen LogP contribution in [0.2, 0.25) is 0 Å². The molecule has 5 rings (SSSR count). The Morgan fingerprint density at radius 3 is 2.56 bits per heavy atom. The maximum atomic E-state index is 12.4. The second kappa shape index (κ2) is 8.69. The van der Waals surface area contributed by atoms with E-state index in [0.29, 0.717) is 17.8 Å². The summed E-state index contributed by atoms with van der Waals surface area (Å²) in [5.74, 6) is 0.0317. The smallest absolute Gasteiger partial charge is 0.406 e. The van der Waals surface area contributed by atoms with Gasteiger partial charge in [0.05, 0.1) is 5.69 Å². The number of ether oxygens (including phenoxy) is 1. The van der Waals surface area contributed by atoms with Crippen LogP contribution >= 0.6 is 0 Å². The van der Waals surface area contributed by atoms with E-state index in [1.54, 1.807) is 10.6 Å². The molecule has 1 aliphatic carbocycles. The lowest BCUT2D eigenvalue weighted by molar-refractivity contribution is -0.274. The summed E-state index contributed by atoms with van der Waals surface area (Å²) in [5.41, 5.74) is 3.77. The molecule has 0 radical (unpaired) electrons. The predicted octanol–water partition coefficient (Wildman–Crippen LogP) is 5.26. The second-order valence-electron chi connectivity index (χ2n) is 8.01. The third-order valence-electron chi connectivity index (χ3n) is 5.35. The molecule has 0 spiro atoms. The Kier molecular flexibility index (Phi) is 5.56. The van der Waals surface area contributed by atoms with Crippen LogP contribution in [-0.4, -0.2) is 26.9 Å². The van der Waals surface area contributed by atoms with E-state index in [-0.39, 0.29) is 23.5 Å². The molecule has 10 heteroatoms. The molecule has 1 fully saturated rings. The molecule has 4 aromatic rings. The van der Waals surface area contributed by atoms with E-state index in [0.717, 1.165) is 29.8 Å². The Balaban J connectivity index is 1.28. The summed E-state index contributed by atoms with van der Waals surface area (Å²) < 4.78 is 42.9. The lowest BCUT2D eigenvalue weighted by Gasteiger charge is -2.11. The number of hydrogen-bond acceptors (Lipinski definition) is 5. The largest absolute Gasteiger partial charge is 0.573 e. The van der Waals surface area contributed by atoms with Crippen molar-refractivity contribution in [3.63, 3.8) is 0 Å². The minimum Gasteiger partial charge on any atom is -0.406 e. The number of benzene rings is 2. The summed E-state index contributed by atoms with van der Waals surface area (Å²) in [6, 6.07) is 19.0. The van der Waals surface area contributed by atoms with Crippen molar-refractivity contribution < 1.29 is 22.7 Å². The maximum absolute atomic E-state index is 12.4. The van der Waals surface area contributed by atoms with Gasteiger partial charge in [-0.1, -0.05) is 30.3 Å². The maximum Gasteiger partial charge on any atom is 0.573 e. The van der Waals surface area contributed by atoms with Gasteiger partial charge >= 0.3 is 6.36 Å². The number of anilines is 2. The number of nitrogens with zero attached hydrogens (tertiary/aromatic N) is 3. The Labute approximate surface area is 192 Å². The van der Waals surface area contributed by atoms with Crippen molar-refractivity contribution in [2.24, 2.45) is 5.92 Å². The number of hydrogen-bond donors (Lipinski definition) is 2. The quantitative estimate of drug-likeness (QED) is 0.388. The first-order valence-electron chi connectivity index (χ1n) is 10.7. The summed E-state index contributed by atoms with van der Waals surface area (Å²) in [5, 5.41) is 10.4. The zero-order valence-corrected chi connectivity index (χ0v) is 17.8. The minimum absolute atomic E-state index is 0.0524. The highest BCUT2D eigenvalue weighted by molar-refractivity contribution is 5.92. The third-order valence-corrected chi connectivity index (χ3v) is 5.35. The van der Waals surface area contributed by atoms with Crippen molar-refractivity contribution in [1.82, 2.24) is 14.6 Å². The van der Waals surface area contributed by atoms with Gasteiger partial charge in [-0.2, -0.15) is 4.98 Å². The number of carbonyl (C=O) groups excluding carboxylic acids is 1. The van der Waals surface area contributed by atoms with Crippen molar-refractivity contribution in [3.05, 3.63) is 72.3 Å². The zero-order valence-electron chi connectivity index (χ0n) is 17.8. The van der Waals surface area contributed by atoms with Crippen molar-refractivity contribution in [1.29, 1.82) is 0 Å². The lowest BCUT2D eigenvalue weighted by atomic mass is 10.1. The van der Waals surface area contributed by atoms with Gasteiger partial charge in [0.25, 0.3) is 0 Å². The van der Waals surface area contributed by atoms with Gasteiger partial charge in [0.2, 0.25) is 11.9 Å². The molecule has 2 aromatic carbocycles. The van der Waals surface area contributed by atoms with E-state index in [9.17, 15) is 18.0 Å². The van der Waals surface area contributed by atoms with Gasteiger partial charge in [-0.15, -0.1) is 18.3 Å². The van der Waals surface area contributed by atoms with Crippen LogP contribution in [0.1, 0.15) is 18.4 Å². The van der Waals surface area contributed by atoms with Crippen LogP contribution in [0.4, 0.5) is 24.8 Å². The Bertz CT molecular complexity index is 1330. The Hall–Kier alpha value is -4.08. The summed E-state index contributed by atoms with van der Waals surface area (Å²) in [6.07, 6.45) is -2.92. The first kappa shape index (κ1) is 21.7. The summed E-state index contributed by atoms with van der Waals surface area (Å²) in [7, 11) is 0. The number of amides is 1. The molecule has 2 aromatic heterocycles. The molecule has 2 heterocycles. The number of carbonyl (C=O) groups is 1. The van der Waals surface area contributed by atoms with Crippen LogP contribution in [-0.2, 0) is 11.3 Å². The molecule has 1 saturated carbocycles. The fourth-order valence-electron chi connectivity index (χ4n) is 3.55. The number of pyridine rings is 1. The number of rotatable bonds is 7. The number of fused-ring (bicyclic) bond motifs is 1. The molecule has 0 atom stereocenters. The van der Waals surface area contributed by atoms with E-state index in [1.807, 2.05) is 42.5 Å². The second-order valence-corrected chi connectivity index (χ2v) is 8.01. The first-order chi connectivity index (χ1) is 16.3. The van der Waals surface area contributed by atoms with Crippen molar-refractivity contribution >= 4 is 23.2 Å². The normalized spacial score (nSPS) is 13.6. The molecule has 0 unspecified atom stereocenters. The van der Waals surface area contributed by atoms with Crippen molar-refractivity contribution in [2.75, 3.05) is 10.6 Å². The van der Waals surface area contributed by atoms with Gasteiger partial charge in [-0.05, 0) is 54.8 Å². The van der Waals surface area contributed by atoms with Crippen LogP contribution < -0.4 is 15.4 Å². The predicted molar refractivity (Wildman–Crippen MR) is 120 cm³/mol. The molecule has 0 bridgehead atoms. The third kappa shape index (κ3) is 5.11. The van der Waals surface area contributed by atoms with Crippen LogP contribution in [0.3, 0.4) is 0 Å². The van der Waals surface area contributed by atoms with E-state index in [4.69, 9.17) is 0 Å². The van der Waals surface area contributed by atoms with Gasteiger partial charge in [-0.3, -0.25) is 10.1 Å². The molecule has 7 nitrogen and oxygen atoms in total. The Morgan fingerprint density at radius 1 is 1.06 bits per heavy atom. The van der Waals surface area contributed by atoms with Gasteiger partial charge in [0, 0.05) is 23.7 Å². The molecule has 174 valence electrons. The van der Waals surface area contributed by atoms with E-state index < -0.39 is 6.36 Å². The highest BCUT2D eigenvalue weighted by Gasteiger charge is 2.31. The molecule has 2 N–H and O–H groups in total. The number of alkyl halides is 3. The average Bonchev–Trinajstić information content (AvgIpc) is 3.57. The van der Waals surface area contributed by atoms with Crippen LogP contribution in [0.5, 0.6) is 5.75 Å². The molecule has 34 heavy (non-hydrogen) atoms. The molecule has 1 aliphatic rings. The van der Waals surface area contributed by atoms with Gasteiger partial charge in [0.1, 0.15) is 5.75 Å².